The van der Waals surface area contributed by atoms with E-state index in [1.165, 1.54) is 0 Å². The smallest absolute Gasteiger partial charge is 0.237 e. The first-order valence-corrected chi connectivity index (χ1v) is 5.11. The van der Waals surface area contributed by atoms with Gasteiger partial charge in [-0.15, -0.1) is 0 Å². The van der Waals surface area contributed by atoms with Crippen LogP contribution in [0.4, 0.5) is 5.69 Å². The Kier molecular flexibility index (Phi) is 1.37. The lowest BCUT2D eigenvalue weighted by molar-refractivity contribution is -0.119. The first-order chi connectivity index (χ1) is 6.65. The number of likely N-dealkylation sites (N-methyl/N-ethyl adjacent to an activating group) is 1. The second kappa shape index (κ2) is 2.31. The highest BCUT2D eigenvalue weighted by molar-refractivity contribution is 6.31. The molecule has 1 aliphatic carbocycles. The molecule has 0 atom stereocenters. The highest BCUT2D eigenvalue weighted by atomic mass is 35.5. The van der Waals surface area contributed by atoms with Gasteiger partial charge in [0.15, 0.2) is 0 Å². The minimum atomic E-state index is -0.172. The van der Waals surface area contributed by atoms with Crippen LogP contribution in [0.5, 0.6) is 0 Å². The van der Waals surface area contributed by atoms with E-state index in [4.69, 9.17) is 11.6 Å². The van der Waals surface area contributed by atoms with E-state index in [1.54, 1.807) is 4.90 Å². The topological polar surface area (TPSA) is 20.3 Å². The summed E-state index contributed by atoms with van der Waals surface area (Å²) in [5.41, 5.74) is 1.98. The quantitative estimate of drug-likeness (QED) is 0.640. The molecule has 0 N–H and O–H groups in total. The monoisotopic (exact) mass is 207 g/mol. The SMILES string of the molecule is CN1C(=O)C2(CC2)c2ccc(Cl)cc21. The Morgan fingerprint density at radius 3 is 2.79 bits per heavy atom. The predicted octanol–water partition coefficient (Wildman–Crippen LogP) is 2.35. The summed E-state index contributed by atoms with van der Waals surface area (Å²) in [6.07, 6.45) is 1.98. The van der Waals surface area contributed by atoms with Gasteiger partial charge in [0.25, 0.3) is 0 Å². The van der Waals surface area contributed by atoms with E-state index < -0.39 is 0 Å². The molecule has 3 rings (SSSR count). The fraction of sp³-hybridized carbons (Fsp3) is 0.364. The third-order valence-corrected chi connectivity index (χ3v) is 3.54. The van der Waals surface area contributed by atoms with Gasteiger partial charge in [0.1, 0.15) is 0 Å². The van der Waals surface area contributed by atoms with Crippen LogP contribution in [0.25, 0.3) is 0 Å². The van der Waals surface area contributed by atoms with E-state index in [0.29, 0.717) is 5.02 Å². The second-order valence-corrected chi connectivity index (χ2v) is 4.54. The first kappa shape index (κ1) is 8.30. The van der Waals surface area contributed by atoms with Crippen molar-refractivity contribution >= 4 is 23.2 Å². The molecule has 0 bridgehead atoms. The zero-order valence-corrected chi connectivity index (χ0v) is 8.64. The molecule has 0 radical (unpaired) electrons. The van der Waals surface area contributed by atoms with Crippen LogP contribution in [0.1, 0.15) is 18.4 Å². The number of halogens is 1. The summed E-state index contributed by atoms with van der Waals surface area (Å²) in [5, 5.41) is 0.695. The lowest BCUT2D eigenvalue weighted by Crippen LogP contribution is -2.27. The second-order valence-electron chi connectivity index (χ2n) is 4.11. The summed E-state index contributed by atoms with van der Waals surface area (Å²) in [6.45, 7) is 0. The maximum absolute atomic E-state index is 11.9. The van der Waals surface area contributed by atoms with Crippen LogP contribution < -0.4 is 4.90 Å². The van der Waals surface area contributed by atoms with Crippen molar-refractivity contribution in [3.63, 3.8) is 0 Å². The van der Waals surface area contributed by atoms with Crippen molar-refractivity contribution in [2.75, 3.05) is 11.9 Å². The molecule has 72 valence electrons. The Morgan fingerprint density at radius 2 is 2.14 bits per heavy atom. The molecule has 1 fully saturated rings. The van der Waals surface area contributed by atoms with E-state index >= 15 is 0 Å². The maximum Gasteiger partial charge on any atom is 0.237 e. The zero-order chi connectivity index (χ0) is 9.92. The number of carbonyl (C=O) groups is 1. The van der Waals surface area contributed by atoms with Gasteiger partial charge in [0.05, 0.1) is 5.41 Å². The summed E-state index contributed by atoms with van der Waals surface area (Å²) in [5.74, 6) is 0.231. The largest absolute Gasteiger partial charge is 0.314 e. The molecule has 0 aromatic heterocycles. The van der Waals surface area contributed by atoms with Crippen LogP contribution in [-0.4, -0.2) is 13.0 Å². The molecule has 1 aliphatic heterocycles. The molecule has 0 saturated heterocycles. The number of hydrogen-bond donors (Lipinski definition) is 0. The normalized spacial score (nSPS) is 21.6. The summed E-state index contributed by atoms with van der Waals surface area (Å²) in [4.78, 5) is 13.7. The fourth-order valence-electron chi connectivity index (χ4n) is 2.34. The van der Waals surface area contributed by atoms with Gasteiger partial charge in [-0.3, -0.25) is 4.79 Å². The molecule has 1 aromatic carbocycles. The van der Waals surface area contributed by atoms with Crippen molar-refractivity contribution in [1.29, 1.82) is 0 Å². The Balaban J connectivity index is 2.26. The van der Waals surface area contributed by atoms with Crippen molar-refractivity contribution in [1.82, 2.24) is 0 Å². The van der Waals surface area contributed by atoms with Crippen molar-refractivity contribution in [3.05, 3.63) is 28.8 Å². The number of rotatable bonds is 0. The fourth-order valence-corrected chi connectivity index (χ4v) is 2.51. The Morgan fingerprint density at radius 1 is 1.43 bits per heavy atom. The lowest BCUT2D eigenvalue weighted by atomic mass is 9.98. The summed E-state index contributed by atoms with van der Waals surface area (Å²) >= 11 is 5.91. The van der Waals surface area contributed by atoms with E-state index in [2.05, 4.69) is 0 Å². The Bertz CT molecular complexity index is 437. The Hall–Kier alpha value is -1.02. The zero-order valence-electron chi connectivity index (χ0n) is 7.88. The van der Waals surface area contributed by atoms with Gasteiger partial charge < -0.3 is 4.90 Å². The summed E-state index contributed by atoms with van der Waals surface area (Å²) in [7, 11) is 1.82. The van der Waals surface area contributed by atoms with Crippen LogP contribution >= 0.6 is 11.6 Å². The van der Waals surface area contributed by atoms with Crippen LogP contribution in [-0.2, 0) is 10.2 Å². The molecule has 3 heteroatoms. The van der Waals surface area contributed by atoms with Crippen LogP contribution in [0.2, 0.25) is 5.02 Å². The summed E-state index contributed by atoms with van der Waals surface area (Å²) < 4.78 is 0. The van der Waals surface area contributed by atoms with Crippen molar-refractivity contribution in [3.8, 4) is 0 Å². The highest BCUT2D eigenvalue weighted by Gasteiger charge is 2.58. The Labute approximate surface area is 87.5 Å². The third kappa shape index (κ3) is 0.800. The van der Waals surface area contributed by atoms with E-state index in [9.17, 15) is 4.79 Å². The van der Waals surface area contributed by atoms with Gasteiger partial charge >= 0.3 is 0 Å². The van der Waals surface area contributed by atoms with Crippen molar-refractivity contribution in [2.24, 2.45) is 0 Å². The number of amides is 1. The number of anilines is 1. The molecule has 1 spiro atoms. The number of benzene rings is 1. The van der Waals surface area contributed by atoms with E-state index in [0.717, 1.165) is 24.1 Å². The predicted molar refractivity (Wildman–Crippen MR) is 55.8 cm³/mol. The molecule has 0 unspecified atom stereocenters. The van der Waals surface area contributed by atoms with Crippen LogP contribution in [0.15, 0.2) is 18.2 Å². The van der Waals surface area contributed by atoms with Crippen molar-refractivity contribution < 1.29 is 4.79 Å². The molecule has 1 saturated carbocycles. The van der Waals surface area contributed by atoms with Crippen LogP contribution in [0.3, 0.4) is 0 Å². The molecular weight excluding hydrogens is 198 g/mol. The minimum Gasteiger partial charge on any atom is -0.314 e. The van der Waals surface area contributed by atoms with Crippen molar-refractivity contribution in [2.45, 2.75) is 18.3 Å². The number of carbonyl (C=O) groups excluding carboxylic acids is 1. The highest BCUT2D eigenvalue weighted by Crippen LogP contribution is 2.57. The number of nitrogens with zero attached hydrogens (tertiary/aromatic N) is 1. The molecule has 2 nitrogen and oxygen atoms in total. The van der Waals surface area contributed by atoms with Gasteiger partial charge in [-0.1, -0.05) is 17.7 Å². The van der Waals surface area contributed by atoms with Crippen LogP contribution in [0, 0.1) is 0 Å². The van der Waals surface area contributed by atoms with Gasteiger partial charge in [-0.2, -0.15) is 0 Å². The van der Waals surface area contributed by atoms with E-state index in [-0.39, 0.29) is 11.3 Å². The average molecular weight is 208 g/mol. The summed E-state index contributed by atoms with van der Waals surface area (Å²) in [6, 6.07) is 5.74. The van der Waals surface area contributed by atoms with E-state index in [1.807, 2.05) is 25.2 Å². The number of hydrogen-bond acceptors (Lipinski definition) is 1. The molecule has 1 aromatic rings. The molecule has 2 aliphatic rings. The van der Waals surface area contributed by atoms with Gasteiger partial charge in [0, 0.05) is 17.8 Å². The standard InChI is InChI=1S/C11H10ClNO/c1-13-9-6-7(12)2-3-8(9)11(4-5-11)10(13)14/h2-3,6H,4-5H2,1H3. The van der Waals surface area contributed by atoms with Gasteiger partial charge in [0.2, 0.25) is 5.91 Å². The van der Waals surface area contributed by atoms with Gasteiger partial charge in [-0.05, 0) is 30.5 Å². The minimum absolute atomic E-state index is 0.172. The molecule has 1 amide bonds. The average Bonchev–Trinajstić information content (AvgIpc) is 2.93. The first-order valence-electron chi connectivity index (χ1n) is 4.73. The molecule has 14 heavy (non-hydrogen) atoms. The van der Waals surface area contributed by atoms with Gasteiger partial charge in [-0.25, -0.2) is 0 Å². The third-order valence-electron chi connectivity index (χ3n) is 3.30. The lowest BCUT2D eigenvalue weighted by Gasteiger charge is -2.09. The molecular formula is C11H10ClNO. The maximum atomic E-state index is 11.9. The number of fused-ring (bicyclic) bond motifs is 2. The molecule has 1 heterocycles.